The van der Waals surface area contributed by atoms with Crippen LogP contribution in [0.4, 0.5) is 17.1 Å². The highest BCUT2D eigenvalue weighted by Gasteiger charge is 2.51. The van der Waals surface area contributed by atoms with Crippen LogP contribution in [0.1, 0.15) is 22.3 Å². The number of aromatic nitrogens is 1. The van der Waals surface area contributed by atoms with E-state index in [9.17, 15) is 0 Å². The Morgan fingerprint density at radius 3 is 1.69 bits per heavy atom. The van der Waals surface area contributed by atoms with Gasteiger partial charge in [0.15, 0.2) is 0 Å². The van der Waals surface area contributed by atoms with Gasteiger partial charge >= 0.3 is 0 Å². The molecule has 2 heterocycles. The van der Waals surface area contributed by atoms with E-state index in [0.29, 0.717) is 0 Å². The molecular formula is C65H40N2O. The Morgan fingerprint density at radius 1 is 0.338 bits per heavy atom. The third-order valence-electron chi connectivity index (χ3n) is 15.0. The monoisotopic (exact) mass is 864 g/mol. The Labute approximate surface area is 393 Å². The van der Waals surface area contributed by atoms with Crippen LogP contribution in [0.25, 0.3) is 93.6 Å². The number of hydrogen-bond acceptors (Lipinski definition) is 2. The number of furan rings is 1. The lowest BCUT2D eigenvalue weighted by atomic mass is 9.70. The number of anilines is 3. The molecule has 3 nitrogen and oxygen atoms in total. The zero-order chi connectivity index (χ0) is 44.5. The molecular weight excluding hydrogens is 825 g/mol. The molecule has 0 bridgehead atoms. The first-order valence-electron chi connectivity index (χ1n) is 23.5. The van der Waals surface area contributed by atoms with Crippen LogP contribution < -0.4 is 4.90 Å². The quantitative estimate of drug-likeness (QED) is 0.172. The predicted octanol–water partition coefficient (Wildman–Crippen LogP) is 17.3. The highest BCUT2D eigenvalue weighted by atomic mass is 16.3. The van der Waals surface area contributed by atoms with Crippen molar-refractivity contribution < 1.29 is 4.42 Å². The summed E-state index contributed by atoms with van der Waals surface area (Å²) in [6, 6.07) is 89.6. The Balaban J connectivity index is 0.959. The number of hydrogen-bond donors (Lipinski definition) is 0. The molecule has 11 aromatic carbocycles. The maximum atomic E-state index is 6.26. The molecule has 2 aliphatic rings. The Bertz CT molecular complexity index is 4170. The van der Waals surface area contributed by atoms with E-state index >= 15 is 0 Å². The molecule has 0 saturated heterocycles. The van der Waals surface area contributed by atoms with Crippen molar-refractivity contribution in [1.82, 2.24) is 4.57 Å². The second-order valence-corrected chi connectivity index (χ2v) is 18.3. The van der Waals surface area contributed by atoms with E-state index in [1.54, 1.807) is 0 Å². The van der Waals surface area contributed by atoms with Crippen molar-refractivity contribution in [3.8, 4) is 39.1 Å². The molecule has 316 valence electrons. The SMILES string of the molecule is c1ccc(N(c2ccc3c(c2)C2(c4ccccc4-c4ccccc42)c2ccccc2-3)c2cccc3ccccc23)c(-c2ccc3c(c2)c2ccccc2n3-c2ccc3oc4ccccc4c3c2)c1. The second-order valence-electron chi connectivity index (χ2n) is 18.3. The second kappa shape index (κ2) is 14.0. The molecule has 68 heavy (non-hydrogen) atoms. The molecule has 0 saturated carbocycles. The largest absolute Gasteiger partial charge is 0.456 e. The smallest absolute Gasteiger partial charge is 0.135 e. The Kier molecular flexibility index (Phi) is 7.71. The lowest BCUT2D eigenvalue weighted by Gasteiger charge is -2.33. The first kappa shape index (κ1) is 37.3. The topological polar surface area (TPSA) is 21.3 Å². The number of rotatable bonds is 5. The van der Waals surface area contributed by atoms with E-state index in [4.69, 9.17) is 4.42 Å². The summed E-state index contributed by atoms with van der Waals surface area (Å²) in [5.41, 5.74) is 20.9. The van der Waals surface area contributed by atoms with Crippen molar-refractivity contribution in [2.75, 3.05) is 4.90 Å². The van der Waals surface area contributed by atoms with Gasteiger partial charge in [0.05, 0.1) is 27.8 Å². The molecule has 1 spiro atoms. The van der Waals surface area contributed by atoms with Gasteiger partial charge in [-0.25, -0.2) is 0 Å². The average molecular weight is 865 g/mol. The van der Waals surface area contributed by atoms with Gasteiger partial charge in [0, 0.05) is 43.9 Å². The number of fused-ring (bicyclic) bond motifs is 17. The fourth-order valence-corrected chi connectivity index (χ4v) is 12.2. The molecule has 15 rings (SSSR count). The summed E-state index contributed by atoms with van der Waals surface area (Å²) in [5.74, 6) is 0. The van der Waals surface area contributed by atoms with Crippen LogP contribution >= 0.6 is 0 Å². The van der Waals surface area contributed by atoms with Crippen LogP contribution in [0.15, 0.2) is 247 Å². The third kappa shape index (κ3) is 5.02. The van der Waals surface area contributed by atoms with E-state index in [1.807, 2.05) is 12.1 Å². The molecule has 0 N–H and O–H groups in total. The van der Waals surface area contributed by atoms with Gasteiger partial charge in [0.25, 0.3) is 0 Å². The molecule has 2 aromatic heterocycles. The maximum absolute atomic E-state index is 6.26. The fourth-order valence-electron chi connectivity index (χ4n) is 12.2. The van der Waals surface area contributed by atoms with Crippen molar-refractivity contribution in [3.63, 3.8) is 0 Å². The summed E-state index contributed by atoms with van der Waals surface area (Å²) < 4.78 is 8.66. The highest BCUT2D eigenvalue weighted by molar-refractivity contribution is 6.12. The van der Waals surface area contributed by atoms with Crippen molar-refractivity contribution in [3.05, 3.63) is 265 Å². The zero-order valence-electron chi connectivity index (χ0n) is 36.9. The standard InChI is InChI=1S/C65H40N2O/c1-2-18-45-41(16-1)17-15-30-60(45)67(44-33-35-50-49-22-5-11-27-57(49)65(58(50)40-44)55-25-9-3-20-47(55)48-21-4-10-26-56(48)65)59-28-12-6-19-46(59)42-32-36-62-53(38-42)51-23-7-13-29-61(51)66(62)43-34-37-64-54(39-43)52-24-8-14-31-63(52)68-64/h1-40H. The van der Waals surface area contributed by atoms with E-state index in [2.05, 4.69) is 240 Å². The summed E-state index contributed by atoms with van der Waals surface area (Å²) in [6.45, 7) is 0. The van der Waals surface area contributed by atoms with E-state index in [-0.39, 0.29) is 0 Å². The van der Waals surface area contributed by atoms with Gasteiger partial charge in [-0.1, -0.05) is 176 Å². The molecule has 0 unspecified atom stereocenters. The van der Waals surface area contributed by atoms with Crippen LogP contribution in [-0.4, -0.2) is 4.57 Å². The molecule has 0 fully saturated rings. The Morgan fingerprint density at radius 2 is 0.912 bits per heavy atom. The van der Waals surface area contributed by atoms with Crippen molar-refractivity contribution in [1.29, 1.82) is 0 Å². The first-order chi connectivity index (χ1) is 33.7. The number of nitrogens with zero attached hydrogens (tertiary/aromatic N) is 2. The van der Waals surface area contributed by atoms with E-state index in [1.165, 1.54) is 71.6 Å². The molecule has 13 aromatic rings. The summed E-state index contributed by atoms with van der Waals surface area (Å²) in [6.07, 6.45) is 0. The van der Waals surface area contributed by atoms with Gasteiger partial charge < -0.3 is 13.9 Å². The maximum Gasteiger partial charge on any atom is 0.135 e. The molecule has 0 radical (unpaired) electrons. The molecule has 2 aliphatic carbocycles. The molecule has 0 aliphatic heterocycles. The van der Waals surface area contributed by atoms with Crippen molar-refractivity contribution in [2.24, 2.45) is 0 Å². The van der Waals surface area contributed by atoms with Gasteiger partial charge in [-0.2, -0.15) is 0 Å². The molecule has 0 amide bonds. The minimum Gasteiger partial charge on any atom is -0.456 e. The minimum absolute atomic E-state index is 0.465. The predicted molar refractivity (Wildman–Crippen MR) is 282 cm³/mol. The van der Waals surface area contributed by atoms with Crippen LogP contribution in [0.5, 0.6) is 0 Å². The third-order valence-corrected chi connectivity index (χ3v) is 15.0. The zero-order valence-corrected chi connectivity index (χ0v) is 36.9. The van der Waals surface area contributed by atoms with Crippen molar-refractivity contribution in [2.45, 2.75) is 5.41 Å². The van der Waals surface area contributed by atoms with Crippen LogP contribution in [-0.2, 0) is 5.41 Å². The normalized spacial score (nSPS) is 13.1. The summed E-state index contributed by atoms with van der Waals surface area (Å²) in [5, 5.41) is 7.06. The molecule has 3 heteroatoms. The first-order valence-corrected chi connectivity index (χ1v) is 23.5. The molecule has 0 atom stereocenters. The van der Waals surface area contributed by atoms with E-state index in [0.717, 1.165) is 61.3 Å². The van der Waals surface area contributed by atoms with E-state index < -0.39 is 5.41 Å². The van der Waals surface area contributed by atoms with Gasteiger partial charge in [0.1, 0.15) is 11.2 Å². The minimum atomic E-state index is -0.465. The average Bonchev–Trinajstić information content (AvgIpc) is 4.12. The number of benzene rings is 11. The highest BCUT2D eigenvalue weighted by Crippen LogP contribution is 2.63. The van der Waals surface area contributed by atoms with Crippen LogP contribution in [0.3, 0.4) is 0 Å². The Hall–Kier alpha value is -8.92. The van der Waals surface area contributed by atoms with Gasteiger partial charge in [0.2, 0.25) is 0 Å². The van der Waals surface area contributed by atoms with Crippen molar-refractivity contribution >= 4 is 71.6 Å². The fraction of sp³-hybridized carbons (Fsp3) is 0.0154. The summed E-state index contributed by atoms with van der Waals surface area (Å²) >= 11 is 0. The van der Waals surface area contributed by atoms with Gasteiger partial charge in [-0.3, -0.25) is 0 Å². The number of para-hydroxylation sites is 3. The van der Waals surface area contributed by atoms with Crippen LogP contribution in [0.2, 0.25) is 0 Å². The van der Waals surface area contributed by atoms with Crippen LogP contribution in [0, 0.1) is 0 Å². The van der Waals surface area contributed by atoms with Gasteiger partial charge in [-0.05, 0) is 122 Å². The van der Waals surface area contributed by atoms with Gasteiger partial charge in [-0.15, -0.1) is 0 Å². The lowest BCUT2D eigenvalue weighted by Crippen LogP contribution is -2.26. The lowest BCUT2D eigenvalue weighted by molar-refractivity contribution is 0.669. The summed E-state index contributed by atoms with van der Waals surface area (Å²) in [7, 11) is 0. The summed E-state index contributed by atoms with van der Waals surface area (Å²) in [4.78, 5) is 2.51.